The quantitative estimate of drug-likeness (QED) is 0.285. The van der Waals surface area contributed by atoms with Crippen molar-refractivity contribution in [2.24, 2.45) is 5.92 Å². The smallest absolute Gasteiger partial charge is 0.303 e. The minimum Gasteiger partial charge on any atom is -0.481 e. The highest BCUT2D eigenvalue weighted by Crippen LogP contribution is 2.26. The second kappa shape index (κ2) is 14.0. The first-order chi connectivity index (χ1) is 11.7. The monoisotopic (exact) mass is 334 g/mol. The lowest BCUT2D eigenvalue weighted by atomic mass is 9.85. The Kier molecular flexibility index (Phi) is 12.1. The standard InChI is InChI=1S/C21H34O3/c22-20(19-15-11-10-12-16-19)17-13-8-6-4-2-1-3-5-7-9-14-18-21(23)24/h5-8,13,17,19-20,22H,1-4,9-12,14-16,18H2,(H,23,24)/b7-5-,8-6-,17-13+. The molecule has 1 fully saturated rings. The Balaban J connectivity index is 1.96. The van der Waals surface area contributed by atoms with Gasteiger partial charge in [-0.1, -0.05) is 55.7 Å². The molecule has 0 heterocycles. The molecule has 0 amide bonds. The number of rotatable bonds is 12. The molecule has 1 unspecified atom stereocenters. The van der Waals surface area contributed by atoms with E-state index in [-0.39, 0.29) is 12.5 Å². The topological polar surface area (TPSA) is 57.5 Å². The van der Waals surface area contributed by atoms with E-state index in [9.17, 15) is 9.90 Å². The first-order valence-corrected chi connectivity index (χ1v) is 9.58. The summed E-state index contributed by atoms with van der Waals surface area (Å²) in [6, 6.07) is 0. The van der Waals surface area contributed by atoms with Crippen molar-refractivity contribution >= 4 is 5.97 Å². The molecule has 0 radical (unpaired) electrons. The highest BCUT2D eigenvalue weighted by atomic mass is 16.4. The lowest BCUT2D eigenvalue weighted by molar-refractivity contribution is -0.137. The first kappa shape index (κ1) is 20.7. The van der Waals surface area contributed by atoms with Crippen molar-refractivity contribution in [3.8, 4) is 0 Å². The van der Waals surface area contributed by atoms with E-state index in [4.69, 9.17) is 5.11 Å². The Morgan fingerprint density at radius 1 is 0.917 bits per heavy atom. The van der Waals surface area contributed by atoms with Gasteiger partial charge in [0.25, 0.3) is 0 Å². The molecular weight excluding hydrogens is 300 g/mol. The van der Waals surface area contributed by atoms with E-state index in [1.54, 1.807) is 0 Å². The molecule has 1 rings (SSSR count). The zero-order chi connectivity index (χ0) is 17.5. The van der Waals surface area contributed by atoms with Crippen molar-refractivity contribution < 1.29 is 15.0 Å². The van der Waals surface area contributed by atoms with Crippen LogP contribution in [0, 0.1) is 5.92 Å². The molecule has 0 aromatic heterocycles. The minimum absolute atomic E-state index is 0.262. The van der Waals surface area contributed by atoms with E-state index in [1.807, 2.05) is 18.2 Å². The fourth-order valence-electron chi connectivity index (χ4n) is 3.12. The fraction of sp³-hybridized carbons (Fsp3) is 0.667. The summed E-state index contributed by atoms with van der Waals surface area (Å²) >= 11 is 0. The number of allylic oxidation sites excluding steroid dienone is 5. The van der Waals surface area contributed by atoms with Crippen LogP contribution in [0.1, 0.15) is 77.0 Å². The molecule has 136 valence electrons. The molecule has 1 aliphatic rings. The van der Waals surface area contributed by atoms with Crippen LogP contribution in [-0.2, 0) is 4.79 Å². The molecule has 3 heteroatoms. The van der Waals surface area contributed by atoms with Gasteiger partial charge in [0.05, 0.1) is 6.10 Å². The molecule has 1 saturated carbocycles. The van der Waals surface area contributed by atoms with Crippen LogP contribution in [0.25, 0.3) is 0 Å². The molecule has 0 spiro atoms. The van der Waals surface area contributed by atoms with Crippen LogP contribution in [0.15, 0.2) is 36.5 Å². The normalized spacial score (nSPS) is 18.0. The van der Waals surface area contributed by atoms with Gasteiger partial charge in [-0.2, -0.15) is 0 Å². The van der Waals surface area contributed by atoms with Gasteiger partial charge >= 0.3 is 5.97 Å². The van der Waals surface area contributed by atoms with Crippen LogP contribution in [-0.4, -0.2) is 22.3 Å². The molecule has 3 nitrogen and oxygen atoms in total. The minimum atomic E-state index is -0.713. The average Bonchev–Trinajstić information content (AvgIpc) is 2.59. The van der Waals surface area contributed by atoms with Crippen LogP contribution in [0.4, 0.5) is 0 Å². The third-order valence-electron chi connectivity index (χ3n) is 4.61. The molecular formula is C21H34O3. The van der Waals surface area contributed by atoms with Crippen LogP contribution >= 0.6 is 0 Å². The van der Waals surface area contributed by atoms with Crippen molar-refractivity contribution in [1.82, 2.24) is 0 Å². The zero-order valence-electron chi connectivity index (χ0n) is 14.9. The average molecular weight is 335 g/mol. The fourth-order valence-corrected chi connectivity index (χ4v) is 3.12. The van der Waals surface area contributed by atoms with E-state index in [0.29, 0.717) is 5.92 Å². The van der Waals surface area contributed by atoms with Gasteiger partial charge in [-0.05, 0) is 57.3 Å². The van der Waals surface area contributed by atoms with Gasteiger partial charge in [0.1, 0.15) is 0 Å². The van der Waals surface area contributed by atoms with E-state index in [1.165, 1.54) is 32.1 Å². The number of carbonyl (C=O) groups is 1. The highest BCUT2D eigenvalue weighted by Gasteiger charge is 2.18. The lowest BCUT2D eigenvalue weighted by Gasteiger charge is -2.24. The van der Waals surface area contributed by atoms with Crippen LogP contribution in [0.3, 0.4) is 0 Å². The lowest BCUT2D eigenvalue weighted by Crippen LogP contribution is -2.20. The van der Waals surface area contributed by atoms with Gasteiger partial charge < -0.3 is 10.2 Å². The number of carboxylic acids is 1. The summed E-state index contributed by atoms with van der Waals surface area (Å²) in [5, 5.41) is 18.6. The van der Waals surface area contributed by atoms with Crippen LogP contribution in [0.5, 0.6) is 0 Å². The van der Waals surface area contributed by atoms with Crippen molar-refractivity contribution in [2.45, 2.75) is 83.2 Å². The number of aliphatic hydroxyl groups is 1. The maximum Gasteiger partial charge on any atom is 0.303 e. The predicted molar refractivity (Wildman–Crippen MR) is 100.0 cm³/mol. The third kappa shape index (κ3) is 11.2. The molecule has 0 saturated heterocycles. The van der Waals surface area contributed by atoms with Gasteiger partial charge in [-0.3, -0.25) is 4.79 Å². The van der Waals surface area contributed by atoms with Gasteiger partial charge in [0.15, 0.2) is 0 Å². The molecule has 0 aromatic carbocycles. The van der Waals surface area contributed by atoms with E-state index < -0.39 is 5.97 Å². The molecule has 0 aliphatic heterocycles. The third-order valence-corrected chi connectivity index (χ3v) is 4.61. The SMILES string of the molecule is O=C(O)CCC/C=C\CCCC/C=C\C=C\C(O)C1CCCCC1. The van der Waals surface area contributed by atoms with Crippen molar-refractivity contribution in [3.63, 3.8) is 0 Å². The van der Waals surface area contributed by atoms with Gasteiger partial charge in [0, 0.05) is 6.42 Å². The van der Waals surface area contributed by atoms with Crippen molar-refractivity contribution in [1.29, 1.82) is 0 Å². The second-order valence-corrected chi connectivity index (χ2v) is 6.74. The Morgan fingerprint density at radius 2 is 1.54 bits per heavy atom. The molecule has 0 bridgehead atoms. The van der Waals surface area contributed by atoms with Gasteiger partial charge in [-0.25, -0.2) is 0 Å². The first-order valence-electron chi connectivity index (χ1n) is 9.58. The maximum absolute atomic E-state index is 10.3. The number of hydrogen-bond donors (Lipinski definition) is 2. The summed E-state index contributed by atoms with van der Waals surface area (Å²) in [6.45, 7) is 0. The predicted octanol–water partition coefficient (Wildman–Crippen LogP) is 5.41. The Hall–Kier alpha value is -1.35. The van der Waals surface area contributed by atoms with Crippen molar-refractivity contribution in [2.75, 3.05) is 0 Å². The van der Waals surface area contributed by atoms with E-state index in [0.717, 1.165) is 38.5 Å². The molecule has 1 aliphatic carbocycles. The largest absolute Gasteiger partial charge is 0.481 e. The molecule has 1 atom stereocenters. The number of hydrogen-bond acceptors (Lipinski definition) is 2. The number of aliphatic carboxylic acids is 1. The van der Waals surface area contributed by atoms with Crippen molar-refractivity contribution in [3.05, 3.63) is 36.5 Å². The summed E-state index contributed by atoms with van der Waals surface area (Å²) in [4.78, 5) is 10.3. The maximum atomic E-state index is 10.3. The molecule has 2 N–H and O–H groups in total. The summed E-state index contributed by atoms with van der Waals surface area (Å²) in [6.07, 6.45) is 24.6. The van der Waals surface area contributed by atoms with Gasteiger partial charge in [0.2, 0.25) is 0 Å². The summed E-state index contributed by atoms with van der Waals surface area (Å²) in [5.74, 6) is -0.249. The summed E-state index contributed by atoms with van der Waals surface area (Å²) in [7, 11) is 0. The van der Waals surface area contributed by atoms with E-state index >= 15 is 0 Å². The van der Waals surface area contributed by atoms with Crippen LogP contribution in [0.2, 0.25) is 0 Å². The Bertz CT molecular complexity index is 403. The number of carboxylic acid groups (broad SMARTS) is 1. The van der Waals surface area contributed by atoms with Crippen LogP contribution < -0.4 is 0 Å². The number of unbranched alkanes of at least 4 members (excludes halogenated alkanes) is 4. The summed E-state index contributed by atoms with van der Waals surface area (Å²) in [5.41, 5.74) is 0. The van der Waals surface area contributed by atoms with E-state index in [2.05, 4.69) is 18.2 Å². The molecule has 24 heavy (non-hydrogen) atoms. The Labute approximate surface area is 147 Å². The summed E-state index contributed by atoms with van der Waals surface area (Å²) < 4.78 is 0. The second-order valence-electron chi connectivity index (χ2n) is 6.74. The highest BCUT2D eigenvalue weighted by molar-refractivity contribution is 5.66. The molecule has 0 aromatic rings. The number of aliphatic hydroxyl groups excluding tert-OH is 1. The Morgan fingerprint density at radius 3 is 2.21 bits per heavy atom. The zero-order valence-corrected chi connectivity index (χ0v) is 14.9. The van der Waals surface area contributed by atoms with Gasteiger partial charge in [-0.15, -0.1) is 0 Å².